The summed E-state index contributed by atoms with van der Waals surface area (Å²) in [5.74, 6) is 0.683. The van der Waals surface area contributed by atoms with Crippen LogP contribution in [-0.4, -0.2) is 12.5 Å². The molecule has 102 valence electrons. The Morgan fingerprint density at radius 3 is 2.74 bits per heavy atom. The number of benzene rings is 1. The highest BCUT2D eigenvalue weighted by Gasteiger charge is 2.37. The van der Waals surface area contributed by atoms with Gasteiger partial charge in [0.2, 0.25) is 5.91 Å². The topological polar surface area (TPSA) is 46.3 Å². The number of anilines is 1. The van der Waals surface area contributed by atoms with Gasteiger partial charge in [0, 0.05) is 16.6 Å². The maximum Gasteiger partial charge on any atom is 0.248 e. The zero-order valence-electron chi connectivity index (χ0n) is 10.9. The number of amides is 1. The van der Waals surface area contributed by atoms with E-state index in [-0.39, 0.29) is 5.91 Å². The number of carbonyl (C=O) groups is 1. The van der Waals surface area contributed by atoms with E-state index in [9.17, 15) is 4.79 Å². The molecule has 1 saturated carbocycles. The molecule has 1 heterocycles. The fourth-order valence-electron chi connectivity index (χ4n) is 3.30. The minimum Gasteiger partial charge on any atom is -0.316 e. The molecule has 0 aromatic heterocycles. The molecule has 1 aromatic rings. The molecule has 0 spiro atoms. The first-order valence-corrected chi connectivity index (χ1v) is 7.83. The van der Waals surface area contributed by atoms with Crippen molar-refractivity contribution in [3.8, 4) is 0 Å². The Morgan fingerprint density at radius 2 is 2.00 bits per heavy atom. The summed E-state index contributed by atoms with van der Waals surface area (Å²) in [6, 6.07) is 5.43. The quantitative estimate of drug-likeness (QED) is 0.907. The highest BCUT2D eigenvalue weighted by Crippen LogP contribution is 2.40. The van der Waals surface area contributed by atoms with Crippen LogP contribution in [0.15, 0.2) is 22.7 Å². The van der Waals surface area contributed by atoms with Crippen LogP contribution in [0.4, 0.5) is 5.69 Å². The summed E-state index contributed by atoms with van der Waals surface area (Å²) in [4.78, 5) is 14.3. The number of rotatable bonds is 2. The Labute approximate surface area is 122 Å². The van der Waals surface area contributed by atoms with E-state index in [4.69, 9.17) is 5.73 Å². The Balaban J connectivity index is 1.86. The van der Waals surface area contributed by atoms with E-state index in [0.29, 0.717) is 5.92 Å². The van der Waals surface area contributed by atoms with E-state index >= 15 is 0 Å². The minimum atomic E-state index is -0.505. The Bertz CT molecular complexity index is 497. The fourth-order valence-corrected chi connectivity index (χ4v) is 3.90. The van der Waals surface area contributed by atoms with Crippen LogP contribution in [0.3, 0.4) is 0 Å². The molecule has 19 heavy (non-hydrogen) atoms. The number of nitrogens with two attached hydrogens (primary N) is 1. The first-order chi connectivity index (χ1) is 9.18. The largest absolute Gasteiger partial charge is 0.316 e. The summed E-state index contributed by atoms with van der Waals surface area (Å²) < 4.78 is 0.942. The maximum absolute atomic E-state index is 12.4. The van der Waals surface area contributed by atoms with E-state index < -0.39 is 6.04 Å². The SMILES string of the molecule is NC1C(=O)N(CC2CCCCC2)c2cccc(Br)c21. The zero-order chi connectivity index (χ0) is 13.4. The molecule has 1 aliphatic heterocycles. The molecule has 1 atom stereocenters. The molecule has 1 unspecified atom stereocenters. The van der Waals surface area contributed by atoms with Gasteiger partial charge in [-0.05, 0) is 30.9 Å². The Kier molecular flexibility index (Phi) is 3.63. The van der Waals surface area contributed by atoms with Crippen LogP contribution in [0, 0.1) is 5.92 Å². The van der Waals surface area contributed by atoms with Gasteiger partial charge >= 0.3 is 0 Å². The molecule has 1 amide bonds. The van der Waals surface area contributed by atoms with Crippen molar-refractivity contribution in [2.24, 2.45) is 11.7 Å². The van der Waals surface area contributed by atoms with Gasteiger partial charge in [0.1, 0.15) is 6.04 Å². The van der Waals surface area contributed by atoms with Crippen molar-refractivity contribution in [2.45, 2.75) is 38.1 Å². The van der Waals surface area contributed by atoms with Crippen LogP contribution in [0.2, 0.25) is 0 Å². The van der Waals surface area contributed by atoms with E-state index in [1.54, 1.807) is 0 Å². The summed E-state index contributed by atoms with van der Waals surface area (Å²) >= 11 is 3.51. The average Bonchev–Trinajstić information content (AvgIpc) is 2.66. The van der Waals surface area contributed by atoms with Gasteiger partial charge in [-0.3, -0.25) is 4.79 Å². The first-order valence-electron chi connectivity index (χ1n) is 7.04. The molecule has 1 aromatic carbocycles. The normalized spacial score (nSPS) is 23.8. The molecule has 1 aliphatic carbocycles. The maximum atomic E-state index is 12.4. The van der Waals surface area contributed by atoms with Crippen LogP contribution < -0.4 is 10.6 Å². The van der Waals surface area contributed by atoms with Crippen molar-refractivity contribution in [2.75, 3.05) is 11.4 Å². The van der Waals surface area contributed by atoms with Crippen molar-refractivity contribution in [1.82, 2.24) is 0 Å². The monoisotopic (exact) mass is 322 g/mol. The lowest BCUT2D eigenvalue weighted by molar-refractivity contribution is -0.119. The van der Waals surface area contributed by atoms with Gasteiger partial charge in [0.15, 0.2) is 0 Å². The molecule has 0 bridgehead atoms. The Morgan fingerprint density at radius 1 is 1.26 bits per heavy atom. The summed E-state index contributed by atoms with van der Waals surface area (Å²) in [6.07, 6.45) is 6.41. The first kappa shape index (κ1) is 13.1. The summed E-state index contributed by atoms with van der Waals surface area (Å²) in [7, 11) is 0. The average molecular weight is 323 g/mol. The minimum absolute atomic E-state index is 0.0486. The van der Waals surface area contributed by atoms with Gasteiger partial charge in [0.05, 0.1) is 5.69 Å². The van der Waals surface area contributed by atoms with Crippen molar-refractivity contribution < 1.29 is 4.79 Å². The molecule has 4 heteroatoms. The van der Waals surface area contributed by atoms with Crippen molar-refractivity contribution in [1.29, 1.82) is 0 Å². The molecular formula is C15H19BrN2O. The number of carbonyl (C=O) groups excluding carboxylic acids is 1. The second-order valence-electron chi connectivity index (χ2n) is 5.60. The molecule has 0 radical (unpaired) electrons. The molecule has 2 N–H and O–H groups in total. The fraction of sp³-hybridized carbons (Fsp3) is 0.533. The van der Waals surface area contributed by atoms with E-state index in [1.165, 1.54) is 32.1 Å². The lowest BCUT2D eigenvalue weighted by Gasteiger charge is -2.27. The van der Waals surface area contributed by atoms with Crippen LogP contribution in [0.25, 0.3) is 0 Å². The van der Waals surface area contributed by atoms with Gasteiger partial charge in [-0.2, -0.15) is 0 Å². The molecule has 3 rings (SSSR count). The highest BCUT2D eigenvalue weighted by atomic mass is 79.9. The van der Waals surface area contributed by atoms with Crippen molar-refractivity contribution in [3.63, 3.8) is 0 Å². The van der Waals surface area contributed by atoms with Crippen LogP contribution in [0.5, 0.6) is 0 Å². The highest BCUT2D eigenvalue weighted by molar-refractivity contribution is 9.10. The third-order valence-electron chi connectivity index (χ3n) is 4.33. The summed E-state index contributed by atoms with van der Waals surface area (Å²) in [5, 5.41) is 0. The van der Waals surface area contributed by atoms with Gasteiger partial charge in [0.25, 0.3) is 0 Å². The predicted molar refractivity (Wildman–Crippen MR) is 80.0 cm³/mol. The smallest absolute Gasteiger partial charge is 0.248 e. The molecule has 0 saturated heterocycles. The van der Waals surface area contributed by atoms with Gasteiger partial charge in [-0.25, -0.2) is 0 Å². The predicted octanol–water partition coefficient (Wildman–Crippen LogP) is 3.38. The molecule has 3 nitrogen and oxygen atoms in total. The number of nitrogens with zero attached hydrogens (tertiary/aromatic N) is 1. The third kappa shape index (κ3) is 2.32. The van der Waals surface area contributed by atoms with E-state index in [1.807, 2.05) is 23.1 Å². The second-order valence-corrected chi connectivity index (χ2v) is 6.46. The van der Waals surface area contributed by atoms with E-state index in [2.05, 4.69) is 15.9 Å². The van der Waals surface area contributed by atoms with Gasteiger partial charge in [-0.15, -0.1) is 0 Å². The second kappa shape index (κ2) is 5.25. The lowest BCUT2D eigenvalue weighted by atomic mass is 9.89. The van der Waals surface area contributed by atoms with Crippen LogP contribution in [-0.2, 0) is 4.79 Å². The molecule has 2 aliphatic rings. The van der Waals surface area contributed by atoms with Crippen molar-refractivity contribution in [3.05, 3.63) is 28.2 Å². The number of fused-ring (bicyclic) bond motifs is 1. The lowest BCUT2D eigenvalue weighted by Crippen LogP contribution is -2.36. The summed E-state index contributed by atoms with van der Waals surface area (Å²) in [5.41, 5.74) is 8.01. The number of halogens is 1. The molecular weight excluding hydrogens is 304 g/mol. The van der Waals surface area contributed by atoms with Gasteiger partial charge < -0.3 is 10.6 Å². The Hall–Kier alpha value is -0.870. The third-order valence-corrected chi connectivity index (χ3v) is 5.02. The standard InChI is InChI=1S/C15H19BrN2O/c16-11-7-4-8-12-13(11)14(17)15(19)18(12)9-10-5-2-1-3-6-10/h4,7-8,10,14H,1-3,5-6,9,17H2. The molecule has 1 fully saturated rings. The van der Waals surface area contributed by atoms with Crippen LogP contribution >= 0.6 is 15.9 Å². The van der Waals surface area contributed by atoms with Gasteiger partial charge in [-0.1, -0.05) is 41.3 Å². The van der Waals surface area contributed by atoms with Crippen molar-refractivity contribution >= 4 is 27.5 Å². The van der Waals surface area contributed by atoms with E-state index in [0.717, 1.165) is 22.3 Å². The number of hydrogen-bond acceptors (Lipinski definition) is 2. The number of hydrogen-bond donors (Lipinski definition) is 1. The summed E-state index contributed by atoms with van der Waals surface area (Å²) in [6.45, 7) is 0.829. The zero-order valence-corrected chi connectivity index (χ0v) is 12.5. The van der Waals surface area contributed by atoms with Crippen LogP contribution in [0.1, 0.15) is 43.7 Å².